The predicted molar refractivity (Wildman–Crippen MR) is 126 cm³/mol. The van der Waals surface area contributed by atoms with Gasteiger partial charge in [0.05, 0.1) is 17.1 Å². The normalized spacial score (nSPS) is 22.1. The molecule has 1 aliphatic heterocycles. The second-order valence-electron chi connectivity index (χ2n) is 9.02. The molecule has 2 N–H and O–H groups in total. The van der Waals surface area contributed by atoms with Crippen molar-refractivity contribution < 1.29 is 22.8 Å². The third-order valence-corrected chi connectivity index (χ3v) is 7.47. The number of nitrogens with one attached hydrogen (secondary N) is 2. The minimum absolute atomic E-state index is 0.00453. The van der Waals surface area contributed by atoms with E-state index in [2.05, 4.69) is 10.3 Å². The van der Waals surface area contributed by atoms with Gasteiger partial charge < -0.3 is 15.2 Å². The van der Waals surface area contributed by atoms with Gasteiger partial charge >= 0.3 is 6.18 Å². The number of carbonyl (C=O) groups excluding carboxylic acids is 2. The number of hydrogen-bond acceptors (Lipinski definition) is 4. The fourth-order valence-corrected chi connectivity index (χ4v) is 5.57. The Hall–Kier alpha value is -2.66. The highest BCUT2D eigenvalue weighted by Gasteiger charge is 2.37. The van der Waals surface area contributed by atoms with Crippen molar-refractivity contribution in [2.75, 3.05) is 7.05 Å². The molecule has 0 radical (unpaired) electrons. The van der Waals surface area contributed by atoms with Crippen molar-refractivity contribution >= 4 is 35.6 Å². The molecule has 12 heteroatoms. The van der Waals surface area contributed by atoms with Crippen LogP contribution in [-0.4, -0.2) is 39.4 Å². The van der Waals surface area contributed by atoms with E-state index >= 15 is 0 Å². The molecule has 2 aromatic rings. The zero-order chi connectivity index (χ0) is 25.7. The Morgan fingerprint density at radius 1 is 1.26 bits per heavy atom. The number of carbonyl (C=O) groups is 2. The minimum Gasteiger partial charge on any atom is -0.359 e. The lowest BCUT2D eigenvalue weighted by atomic mass is 9.98. The van der Waals surface area contributed by atoms with Crippen LogP contribution in [0.1, 0.15) is 59.4 Å². The summed E-state index contributed by atoms with van der Waals surface area (Å²) in [7, 11) is 1.58. The Bertz CT molecular complexity index is 1310. The number of halogens is 4. The summed E-state index contributed by atoms with van der Waals surface area (Å²) in [4.78, 5) is 43.0. The monoisotopic (exact) mass is 528 g/mol. The Morgan fingerprint density at radius 3 is 2.63 bits per heavy atom. The molecular formula is C23H24ClF3N4O3S. The van der Waals surface area contributed by atoms with Crippen molar-refractivity contribution in [3.8, 4) is 0 Å². The third-order valence-electron chi connectivity index (χ3n) is 6.84. The molecule has 35 heavy (non-hydrogen) atoms. The Balaban J connectivity index is 1.63. The summed E-state index contributed by atoms with van der Waals surface area (Å²) in [5.74, 6) is -0.847. The van der Waals surface area contributed by atoms with Gasteiger partial charge in [-0.15, -0.1) is 0 Å². The molecule has 3 atom stereocenters. The molecule has 1 aliphatic carbocycles. The minimum atomic E-state index is -4.69. The summed E-state index contributed by atoms with van der Waals surface area (Å²) in [5, 5.41) is 2.16. The van der Waals surface area contributed by atoms with Crippen LogP contribution < -0.4 is 10.9 Å². The second-order valence-corrected chi connectivity index (χ2v) is 9.81. The standard InChI is InChI=1S/C23H24ClF3N4O3S/c1-11-7-15-18(10-30(11)20(33)13-4-6-17(24)16(9-13)23(25,26)27)29-22(35)31(21(15)34)14-5-3-12(8-14)19(32)28-2/h4,6,9,11-12,14H,3,5,7-8,10H2,1-2H3,(H,28,32)(H,29,35)/t11-,12+,14+/m1/s1. The number of hydrogen-bond donors (Lipinski definition) is 2. The number of aromatic nitrogens is 2. The van der Waals surface area contributed by atoms with Crippen molar-refractivity contribution in [2.45, 2.75) is 57.4 Å². The molecule has 1 fully saturated rings. The number of alkyl halides is 3. The van der Waals surface area contributed by atoms with E-state index in [1.807, 2.05) is 0 Å². The van der Waals surface area contributed by atoms with Gasteiger partial charge in [-0.3, -0.25) is 19.0 Å². The van der Waals surface area contributed by atoms with E-state index in [0.29, 0.717) is 30.5 Å². The lowest BCUT2D eigenvalue weighted by Crippen LogP contribution is -2.46. The van der Waals surface area contributed by atoms with Crippen LogP contribution in [0.3, 0.4) is 0 Å². The van der Waals surface area contributed by atoms with Gasteiger partial charge in [0.2, 0.25) is 5.91 Å². The molecular weight excluding hydrogens is 505 g/mol. The van der Waals surface area contributed by atoms with Crippen LogP contribution in [0.4, 0.5) is 13.2 Å². The average molecular weight is 529 g/mol. The molecule has 1 aromatic heterocycles. The van der Waals surface area contributed by atoms with E-state index in [4.69, 9.17) is 23.8 Å². The summed E-state index contributed by atoms with van der Waals surface area (Å²) in [6.45, 7) is 1.74. The first-order valence-electron chi connectivity index (χ1n) is 11.2. The largest absolute Gasteiger partial charge is 0.417 e. The summed E-state index contributed by atoms with van der Waals surface area (Å²) in [5.41, 5.74) is -0.519. The van der Waals surface area contributed by atoms with Crippen molar-refractivity contribution in [2.24, 2.45) is 5.92 Å². The number of H-pyrrole nitrogens is 1. The summed E-state index contributed by atoms with van der Waals surface area (Å²) in [6, 6.07) is 2.41. The van der Waals surface area contributed by atoms with Gasteiger partial charge in [0.1, 0.15) is 0 Å². The topological polar surface area (TPSA) is 87.2 Å². The van der Waals surface area contributed by atoms with E-state index in [0.717, 1.165) is 12.1 Å². The number of rotatable bonds is 3. The quantitative estimate of drug-likeness (QED) is 0.583. The molecule has 2 aliphatic rings. The first-order valence-corrected chi connectivity index (χ1v) is 12.0. The van der Waals surface area contributed by atoms with E-state index in [9.17, 15) is 27.6 Å². The van der Waals surface area contributed by atoms with Crippen molar-refractivity contribution in [3.05, 3.63) is 60.7 Å². The lowest BCUT2D eigenvalue weighted by molar-refractivity contribution is -0.137. The zero-order valence-electron chi connectivity index (χ0n) is 19.0. The highest BCUT2D eigenvalue weighted by Crippen LogP contribution is 2.36. The number of amides is 2. The highest BCUT2D eigenvalue weighted by molar-refractivity contribution is 7.71. The Morgan fingerprint density at radius 2 is 1.97 bits per heavy atom. The van der Waals surface area contributed by atoms with E-state index in [1.165, 1.54) is 15.5 Å². The number of fused-ring (bicyclic) bond motifs is 1. The van der Waals surface area contributed by atoms with Crippen LogP contribution in [0.5, 0.6) is 0 Å². The molecule has 2 heterocycles. The number of benzene rings is 1. The molecule has 4 rings (SSSR count). The van der Waals surface area contributed by atoms with Crippen LogP contribution in [0, 0.1) is 10.7 Å². The maximum Gasteiger partial charge on any atom is 0.417 e. The van der Waals surface area contributed by atoms with Gasteiger partial charge in [-0.2, -0.15) is 13.2 Å². The van der Waals surface area contributed by atoms with Crippen molar-refractivity contribution in [1.82, 2.24) is 19.8 Å². The number of nitrogens with zero attached hydrogens (tertiary/aromatic N) is 2. The molecule has 1 saturated carbocycles. The molecule has 2 amide bonds. The van der Waals surface area contributed by atoms with Crippen LogP contribution in [0.15, 0.2) is 23.0 Å². The summed E-state index contributed by atoms with van der Waals surface area (Å²) in [6.07, 6.45) is -2.67. The van der Waals surface area contributed by atoms with Crippen molar-refractivity contribution in [3.63, 3.8) is 0 Å². The molecule has 0 bridgehead atoms. The van der Waals surface area contributed by atoms with Gasteiger partial charge in [-0.05, 0) is 63.0 Å². The first-order chi connectivity index (χ1) is 16.4. The third kappa shape index (κ3) is 4.75. The Labute approximate surface area is 209 Å². The smallest absolute Gasteiger partial charge is 0.359 e. The molecule has 7 nitrogen and oxygen atoms in total. The predicted octanol–water partition coefficient (Wildman–Crippen LogP) is 4.25. The van der Waals surface area contributed by atoms with Crippen molar-refractivity contribution in [1.29, 1.82) is 0 Å². The first kappa shape index (κ1) is 25.4. The maximum absolute atomic E-state index is 13.4. The Kier molecular flexibility index (Phi) is 6.85. The zero-order valence-corrected chi connectivity index (χ0v) is 20.6. The second kappa shape index (κ2) is 9.42. The number of aromatic amines is 1. The highest BCUT2D eigenvalue weighted by atomic mass is 35.5. The van der Waals surface area contributed by atoms with Gasteiger partial charge in [-0.1, -0.05) is 11.6 Å². The molecule has 0 saturated heterocycles. The SMILES string of the molecule is CNC(=O)[C@H]1CC[C@H](n2c(=S)[nH]c3c(c2=O)C[C@@H](C)N(C(=O)c2ccc(Cl)c(C(F)(F)F)c2)C3)C1. The van der Waals surface area contributed by atoms with Gasteiger partial charge in [0.15, 0.2) is 4.77 Å². The van der Waals surface area contributed by atoms with Gasteiger partial charge in [0, 0.05) is 41.9 Å². The van der Waals surface area contributed by atoms with Crippen LogP contribution in [-0.2, 0) is 23.9 Å². The van der Waals surface area contributed by atoms with Gasteiger partial charge in [-0.25, -0.2) is 0 Å². The molecule has 188 valence electrons. The van der Waals surface area contributed by atoms with Gasteiger partial charge in [0.25, 0.3) is 11.5 Å². The molecule has 0 unspecified atom stereocenters. The summed E-state index contributed by atoms with van der Waals surface area (Å²) >= 11 is 11.1. The van der Waals surface area contributed by atoms with E-state index < -0.39 is 28.7 Å². The van der Waals surface area contributed by atoms with Crippen LogP contribution in [0.2, 0.25) is 5.02 Å². The van der Waals surface area contributed by atoms with E-state index in [1.54, 1.807) is 14.0 Å². The van der Waals surface area contributed by atoms with E-state index in [-0.39, 0.29) is 46.7 Å². The molecule has 1 aromatic carbocycles. The molecule has 0 spiro atoms. The fraction of sp³-hybridized carbons (Fsp3) is 0.478. The maximum atomic E-state index is 13.4. The average Bonchev–Trinajstić information content (AvgIpc) is 3.27. The summed E-state index contributed by atoms with van der Waals surface area (Å²) < 4.78 is 41.5. The fourth-order valence-electron chi connectivity index (χ4n) is 4.99. The van der Waals surface area contributed by atoms with Crippen LogP contribution >= 0.6 is 23.8 Å². The van der Waals surface area contributed by atoms with Crippen LogP contribution in [0.25, 0.3) is 0 Å². The lowest BCUT2D eigenvalue weighted by Gasteiger charge is -2.35.